The standard InChI is InChI=1S/C10H13N3O6/c11-6-8(14)3-4-19-10-2-1-7(12(15)16)5-9(10)13(17)18/h1-2,5,8,14H,3-4,6,11H2. The van der Waals surface area contributed by atoms with E-state index in [2.05, 4.69) is 0 Å². The second-order valence-corrected chi connectivity index (χ2v) is 3.69. The largest absolute Gasteiger partial charge is 0.487 e. The molecule has 0 fully saturated rings. The predicted octanol–water partition coefficient (Wildman–Crippen LogP) is 0.591. The Morgan fingerprint density at radius 2 is 2.00 bits per heavy atom. The number of nitro groups is 2. The van der Waals surface area contributed by atoms with Crippen molar-refractivity contribution in [3.05, 3.63) is 38.4 Å². The molecule has 1 aromatic rings. The average molecular weight is 271 g/mol. The van der Waals surface area contributed by atoms with Crippen LogP contribution in [0.3, 0.4) is 0 Å². The highest BCUT2D eigenvalue weighted by Gasteiger charge is 2.20. The van der Waals surface area contributed by atoms with Gasteiger partial charge in [-0.15, -0.1) is 0 Å². The third-order valence-electron chi connectivity index (χ3n) is 2.33. The summed E-state index contributed by atoms with van der Waals surface area (Å²) in [6.45, 7) is 0.0860. The number of hydrogen-bond acceptors (Lipinski definition) is 7. The molecular weight excluding hydrogens is 258 g/mol. The Labute approximate surface area is 107 Å². The fourth-order valence-electron chi connectivity index (χ4n) is 1.31. The number of aliphatic hydroxyl groups is 1. The predicted molar refractivity (Wildman–Crippen MR) is 64.9 cm³/mol. The Hall–Kier alpha value is -2.26. The highest BCUT2D eigenvalue weighted by Crippen LogP contribution is 2.30. The summed E-state index contributed by atoms with van der Waals surface area (Å²) in [6.07, 6.45) is -0.540. The number of hydrogen-bond donors (Lipinski definition) is 2. The third kappa shape index (κ3) is 4.16. The third-order valence-corrected chi connectivity index (χ3v) is 2.33. The molecule has 0 bridgehead atoms. The van der Waals surface area contributed by atoms with Crippen LogP contribution in [0.5, 0.6) is 5.75 Å². The average Bonchev–Trinajstić information content (AvgIpc) is 2.38. The minimum absolute atomic E-state index is 0.0248. The zero-order valence-corrected chi connectivity index (χ0v) is 9.89. The lowest BCUT2D eigenvalue weighted by Gasteiger charge is -2.09. The van der Waals surface area contributed by atoms with E-state index in [4.69, 9.17) is 10.5 Å². The van der Waals surface area contributed by atoms with Crippen LogP contribution in [-0.2, 0) is 0 Å². The van der Waals surface area contributed by atoms with Gasteiger partial charge in [0.1, 0.15) is 0 Å². The Morgan fingerprint density at radius 1 is 1.32 bits per heavy atom. The van der Waals surface area contributed by atoms with Crippen LogP contribution in [0.4, 0.5) is 11.4 Å². The Bertz CT molecular complexity index is 478. The van der Waals surface area contributed by atoms with E-state index in [-0.39, 0.29) is 31.0 Å². The normalized spacial score (nSPS) is 11.9. The van der Waals surface area contributed by atoms with Crippen molar-refractivity contribution in [1.29, 1.82) is 0 Å². The SMILES string of the molecule is NCC(O)CCOc1ccc([N+](=O)[O-])cc1[N+](=O)[O-]. The Kier molecular flexibility index (Phi) is 5.15. The first-order chi connectivity index (χ1) is 8.95. The number of nitro benzene ring substituents is 2. The molecule has 0 aromatic heterocycles. The van der Waals surface area contributed by atoms with Crippen LogP contribution in [0.1, 0.15) is 6.42 Å². The first kappa shape index (κ1) is 14.8. The summed E-state index contributed by atoms with van der Waals surface area (Å²) in [5.41, 5.74) is 4.32. The van der Waals surface area contributed by atoms with Gasteiger partial charge in [-0.1, -0.05) is 0 Å². The summed E-state index contributed by atoms with van der Waals surface area (Å²) in [7, 11) is 0. The summed E-state index contributed by atoms with van der Waals surface area (Å²) in [6, 6.07) is 3.10. The number of aliphatic hydroxyl groups excluding tert-OH is 1. The van der Waals surface area contributed by atoms with Gasteiger partial charge in [0, 0.05) is 19.0 Å². The lowest BCUT2D eigenvalue weighted by atomic mass is 10.2. The smallest absolute Gasteiger partial charge is 0.317 e. The van der Waals surface area contributed by atoms with E-state index in [1.807, 2.05) is 0 Å². The van der Waals surface area contributed by atoms with E-state index in [0.717, 1.165) is 18.2 Å². The van der Waals surface area contributed by atoms with Gasteiger partial charge in [-0.05, 0) is 6.07 Å². The van der Waals surface area contributed by atoms with Crippen LogP contribution in [0.25, 0.3) is 0 Å². The molecule has 0 saturated heterocycles. The molecule has 0 aliphatic carbocycles. The van der Waals surface area contributed by atoms with E-state index in [1.165, 1.54) is 0 Å². The molecule has 1 rings (SSSR count). The maximum Gasteiger partial charge on any atom is 0.317 e. The molecule has 1 aromatic carbocycles. The van der Waals surface area contributed by atoms with Gasteiger partial charge in [0.25, 0.3) is 5.69 Å². The summed E-state index contributed by atoms with van der Waals surface area (Å²) in [4.78, 5) is 19.8. The summed E-state index contributed by atoms with van der Waals surface area (Å²) < 4.78 is 5.13. The molecule has 104 valence electrons. The van der Waals surface area contributed by atoms with Crippen molar-refractivity contribution in [2.75, 3.05) is 13.2 Å². The lowest BCUT2D eigenvalue weighted by Crippen LogP contribution is -2.22. The molecule has 9 heteroatoms. The zero-order chi connectivity index (χ0) is 14.4. The lowest BCUT2D eigenvalue weighted by molar-refractivity contribution is -0.394. The monoisotopic (exact) mass is 271 g/mol. The number of benzene rings is 1. The van der Waals surface area contributed by atoms with Crippen molar-refractivity contribution in [3.63, 3.8) is 0 Å². The van der Waals surface area contributed by atoms with Gasteiger partial charge in [0.05, 0.1) is 28.6 Å². The molecular formula is C10H13N3O6. The van der Waals surface area contributed by atoms with E-state index in [0.29, 0.717) is 0 Å². The second kappa shape index (κ2) is 6.61. The highest BCUT2D eigenvalue weighted by atomic mass is 16.6. The van der Waals surface area contributed by atoms with Crippen molar-refractivity contribution in [2.45, 2.75) is 12.5 Å². The molecule has 19 heavy (non-hydrogen) atoms. The number of nitrogens with zero attached hydrogens (tertiary/aromatic N) is 2. The molecule has 0 aliphatic heterocycles. The number of nitrogens with two attached hydrogens (primary N) is 1. The summed E-state index contributed by atoms with van der Waals surface area (Å²) in [5.74, 6) is -0.0835. The van der Waals surface area contributed by atoms with Gasteiger partial charge in [-0.2, -0.15) is 0 Å². The second-order valence-electron chi connectivity index (χ2n) is 3.69. The van der Waals surface area contributed by atoms with Crippen LogP contribution in [0.15, 0.2) is 18.2 Å². The first-order valence-electron chi connectivity index (χ1n) is 5.39. The van der Waals surface area contributed by atoms with Gasteiger partial charge in [0.15, 0.2) is 5.75 Å². The van der Waals surface area contributed by atoms with Gasteiger partial charge in [-0.3, -0.25) is 20.2 Å². The molecule has 0 saturated carbocycles. The highest BCUT2D eigenvalue weighted by molar-refractivity contribution is 5.53. The molecule has 0 aliphatic rings. The molecule has 3 N–H and O–H groups in total. The summed E-state index contributed by atoms with van der Waals surface area (Å²) >= 11 is 0. The van der Waals surface area contributed by atoms with Crippen LogP contribution in [0, 0.1) is 20.2 Å². The maximum atomic E-state index is 10.8. The van der Waals surface area contributed by atoms with Crippen LogP contribution < -0.4 is 10.5 Å². The molecule has 9 nitrogen and oxygen atoms in total. The molecule has 0 heterocycles. The van der Waals surface area contributed by atoms with Gasteiger partial charge < -0.3 is 15.6 Å². The maximum absolute atomic E-state index is 10.8. The molecule has 1 atom stereocenters. The van der Waals surface area contributed by atoms with Crippen LogP contribution >= 0.6 is 0 Å². The van der Waals surface area contributed by atoms with E-state index < -0.39 is 21.6 Å². The van der Waals surface area contributed by atoms with Crippen LogP contribution in [0.2, 0.25) is 0 Å². The molecule has 0 spiro atoms. The quantitative estimate of drug-likeness (QED) is 0.545. The van der Waals surface area contributed by atoms with Crippen molar-refractivity contribution in [3.8, 4) is 5.75 Å². The van der Waals surface area contributed by atoms with Crippen molar-refractivity contribution < 1.29 is 19.7 Å². The zero-order valence-electron chi connectivity index (χ0n) is 9.89. The van der Waals surface area contributed by atoms with E-state index in [9.17, 15) is 25.3 Å². The number of rotatable bonds is 7. The fraction of sp³-hybridized carbons (Fsp3) is 0.400. The van der Waals surface area contributed by atoms with Crippen molar-refractivity contribution >= 4 is 11.4 Å². The van der Waals surface area contributed by atoms with Crippen molar-refractivity contribution in [1.82, 2.24) is 0 Å². The fourth-order valence-corrected chi connectivity index (χ4v) is 1.31. The minimum atomic E-state index is -0.762. The van der Waals surface area contributed by atoms with Crippen molar-refractivity contribution in [2.24, 2.45) is 5.73 Å². The van der Waals surface area contributed by atoms with Gasteiger partial charge in [0.2, 0.25) is 0 Å². The summed E-state index contributed by atoms with van der Waals surface area (Å²) in [5, 5.41) is 30.5. The minimum Gasteiger partial charge on any atom is -0.487 e. The molecule has 0 amide bonds. The van der Waals surface area contributed by atoms with E-state index >= 15 is 0 Å². The van der Waals surface area contributed by atoms with Gasteiger partial charge in [-0.25, -0.2) is 0 Å². The van der Waals surface area contributed by atoms with Gasteiger partial charge >= 0.3 is 5.69 Å². The Balaban J connectivity index is 2.82. The first-order valence-corrected chi connectivity index (χ1v) is 5.39. The topological polar surface area (TPSA) is 142 Å². The van der Waals surface area contributed by atoms with Crippen LogP contribution in [-0.4, -0.2) is 34.2 Å². The molecule has 1 unspecified atom stereocenters. The Morgan fingerprint density at radius 3 is 2.53 bits per heavy atom. The van der Waals surface area contributed by atoms with E-state index in [1.54, 1.807) is 0 Å². The number of non-ortho nitro benzene ring substituents is 1. The number of ether oxygens (including phenoxy) is 1. The molecule has 0 radical (unpaired) electrons.